The summed E-state index contributed by atoms with van der Waals surface area (Å²) in [4.78, 5) is 8.31. The Hall–Kier alpha value is -2.66. The highest BCUT2D eigenvalue weighted by molar-refractivity contribution is 5.82. The first-order chi connectivity index (χ1) is 12.7. The molecule has 0 aliphatic heterocycles. The molecule has 3 aromatic rings. The minimum absolute atomic E-state index is 0.0109. The summed E-state index contributed by atoms with van der Waals surface area (Å²) in [6.45, 7) is 2.46. The van der Waals surface area contributed by atoms with Crippen molar-refractivity contribution in [3.05, 3.63) is 60.4 Å². The number of aliphatic hydroxyl groups excluding tert-OH is 1. The first-order valence-corrected chi connectivity index (χ1v) is 8.94. The molecule has 0 amide bonds. The van der Waals surface area contributed by atoms with Gasteiger partial charge in [-0.05, 0) is 34.7 Å². The Morgan fingerprint density at radius 1 is 1.00 bits per heavy atom. The summed E-state index contributed by atoms with van der Waals surface area (Å²) in [7, 11) is 0. The SMILES string of the molecule is C[C@H]1C[C@@H](Oc2cc(OCc3ccc4ccccc4c3)ncn2)C[C@H]1O. The summed E-state index contributed by atoms with van der Waals surface area (Å²) in [5.74, 6) is 1.22. The highest BCUT2D eigenvalue weighted by atomic mass is 16.5. The van der Waals surface area contributed by atoms with Gasteiger partial charge in [-0.15, -0.1) is 0 Å². The Balaban J connectivity index is 1.40. The molecule has 134 valence electrons. The summed E-state index contributed by atoms with van der Waals surface area (Å²) in [6.07, 6.45) is 2.60. The van der Waals surface area contributed by atoms with Gasteiger partial charge in [-0.1, -0.05) is 43.3 Å². The molecule has 1 aromatic heterocycles. The molecule has 1 heterocycles. The standard InChI is InChI=1S/C21H22N2O3/c1-14-8-18(10-19(14)24)26-21-11-20(22-13-23-21)25-12-15-6-7-16-4-2-3-5-17(16)9-15/h2-7,9,11,13-14,18-19,24H,8,10,12H2,1H3/t14-,18+,19+/m0/s1. The maximum Gasteiger partial charge on any atom is 0.220 e. The summed E-state index contributed by atoms with van der Waals surface area (Å²) < 4.78 is 11.7. The summed E-state index contributed by atoms with van der Waals surface area (Å²) in [5, 5.41) is 12.2. The second-order valence-electron chi connectivity index (χ2n) is 6.92. The molecule has 1 aliphatic carbocycles. The number of hydrogen-bond acceptors (Lipinski definition) is 5. The van der Waals surface area contributed by atoms with Crippen LogP contribution < -0.4 is 9.47 Å². The van der Waals surface area contributed by atoms with Crippen LogP contribution in [0.3, 0.4) is 0 Å². The Morgan fingerprint density at radius 3 is 2.62 bits per heavy atom. The van der Waals surface area contributed by atoms with E-state index in [1.165, 1.54) is 17.1 Å². The predicted octanol–water partition coefficient (Wildman–Crippen LogP) is 3.75. The largest absolute Gasteiger partial charge is 0.474 e. The number of hydrogen-bond donors (Lipinski definition) is 1. The lowest BCUT2D eigenvalue weighted by molar-refractivity contribution is 0.128. The Bertz CT molecular complexity index is 889. The van der Waals surface area contributed by atoms with E-state index < -0.39 is 0 Å². The second-order valence-corrected chi connectivity index (χ2v) is 6.92. The molecule has 1 N–H and O–H groups in total. The van der Waals surface area contributed by atoms with Crippen molar-refractivity contribution in [1.82, 2.24) is 9.97 Å². The van der Waals surface area contributed by atoms with E-state index in [0.717, 1.165) is 12.0 Å². The third-order valence-corrected chi connectivity index (χ3v) is 4.90. The normalized spacial score (nSPS) is 22.5. The minimum Gasteiger partial charge on any atom is -0.474 e. The Kier molecular flexibility index (Phi) is 4.71. The molecule has 26 heavy (non-hydrogen) atoms. The van der Waals surface area contributed by atoms with E-state index in [1.807, 2.05) is 19.1 Å². The number of rotatable bonds is 5. The van der Waals surface area contributed by atoms with E-state index in [0.29, 0.717) is 24.8 Å². The maximum atomic E-state index is 9.85. The highest BCUT2D eigenvalue weighted by Crippen LogP contribution is 2.29. The van der Waals surface area contributed by atoms with Gasteiger partial charge in [0.1, 0.15) is 19.0 Å². The van der Waals surface area contributed by atoms with Crippen molar-refractivity contribution in [3.8, 4) is 11.8 Å². The molecule has 2 aromatic carbocycles. The van der Waals surface area contributed by atoms with Gasteiger partial charge in [0, 0.05) is 6.42 Å². The molecule has 5 nitrogen and oxygen atoms in total. The molecule has 5 heteroatoms. The molecule has 1 saturated carbocycles. The van der Waals surface area contributed by atoms with Crippen molar-refractivity contribution in [3.63, 3.8) is 0 Å². The van der Waals surface area contributed by atoms with Crippen LogP contribution in [0.4, 0.5) is 0 Å². The molecular formula is C21H22N2O3. The lowest BCUT2D eigenvalue weighted by atomic mass is 10.1. The number of benzene rings is 2. The number of aromatic nitrogens is 2. The van der Waals surface area contributed by atoms with E-state index in [-0.39, 0.29) is 18.1 Å². The van der Waals surface area contributed by atoms with E-state index in [2.05, 4.69) is 40.3 Å². The molecule has 0 radical (unpaired) electrons. The van der Waals surface area contributed by atoms with Gasteiger partial charge in [0.15, 0.2) is 0 Å². The fourth-order valence-corrected chi connectivity index (χ4v) is 3.39. The molecule has 1 aliphatic rings. The van der Waals surface area contributed by atoms with Crippen LogP contribution in [-0.4, -0.2) is 27.3 Å². The van der Waals surface area contributed by atoms with Crippen LogP contribution >= 0.6 is 0 Å². The van der Waals surface area contributed by atoms with Gasteiger partial charge in [-0.3, -0.25) is 0 Å². The average molecular weight is 350 g/mol. The van der Waals surface area contributed by atoms with Gasteiger partial charge >= 0.3 is 0 Å². The first kappa shape index (κ1) is 16.8. The molecule has 0 saturated heterocycles. The first-order valence-electron chi connectivity index (χ1n) is 8.94. The van der Waals surface area contributed by atoms with Crippen LogP contribution in [0, 0.1) is 5.92 Å². The number of nitrogens with zero attached hydrogens (tertiary/aromatic N) is 2. The molecule has 0 unspecified atom stereocenters. The van der Waals surface area contributed by atoms with Crippen molar-refractivity contribution in [2.75, 3.05) is 0 Å². The highest BCUT2D eigenvalue weighted by Gasteiger charge is 2.31. The van der Waals surface area contributed by atoms with Crippen molar-refractivity contribution in [2.24, 2.45) is 5.92 Å². The Morgan fingerprint density at radius 2 is 1.81 bits per heavy atom. The Labute approximate surface area is 152 Å². The zero-order chi connectivity index (χ0) is 17.9. The fraction of sp³-hybridized carbons (Fsp3) is 0.333. The van der Waals surface area contributed by atoms with Crippen LogP contribution in [0.5, 0.6) is 11.8 Å². The van der Waals surface area contributed by atoms with Gasteiger partial charge in [0.05, 0.1) is 12.2 Å². The molecule has 0 spiro atoms. The van der Waals surface area contributed by atoms with Crippen molar-refractivity contribution in [1.29, 1.82) is 0 Å². The van der Waals surface area contributed by atoms with E-state index in [9.17, 15) is 5.11 Å². The van der Waals surface area contributed by atoms with Gasteiger partial charge in [0.2, 0.25) is 11.8 Å². The second kappa shape index (κ2) is 7.30. The van der Waals surface area contributed by atoms with Gasteiger partial charge in [0.25, 0.3) is 0 Å². The lowest BCUT2D eigenvalue weighted by Gasteiger charge is -2.13. The molecular weight excluding hydrogens is 328 g/mol. The lowest BCUT2D eigenvalue weighted by Crippen LogP contribution is -2.14. The summed E-state index contributed by atoms with van der Waals surface area (Å²) in [5.41, 5.74) is 1.08. The maximum absolute atomic E-state index is 9.85. The number of ether oxygens (including phenoxy) is 2. The van der Waals surface area contributed by atoms with Gasteiger partial charge in [-0.25, -0.2) is 9.97 Å². The molecule has 3 atom stereocenters. The average Bonchev–Trinajstić information content (AvgIpc) is 2.97. The number of fused-ring (bicyclic) bond motifs is 1. The number of aliphatic hydroxyl groups is 1. The fourth-order valence-electron chi connectivity index (χ4n) is 3.39. The predicted molar refractivity (Wildman–Crippen MR) is 99.1 cm³/mol. The minimum atomic E-state index is -0.300. The monoisotopic (exact) mass is 350 g/mol. The van der Waals surface area contributed by atoms with Crippen molar-refractivity contribution in [2.45, 2.75) is 38.6 Å². The zero-order valence-electron chi connectivity index (χ0n) is 14.7. The molecule has 0 bridgehead atoms. The van der Waals surface area contributed by atoms with Crippen molar-refractivity contribution < 1.29 is 14.6 Å². The van der Waals surface area contributed by atoms with Crippen LogP contribution in [0.15, 0.2) is 54.9 Å². The quantitative estimate of drug-likeness (QED) is 0.759. The van der Waals surface area contributed by atoms with Crippen LogP contribution in [0.1, 0.15) is 25.3 Å². The summed E-state index contributed by atoms with van der Waals surface area (Å²) >= 11 is 0. The third kappa shape index (κ3) is 3.78. The summed E-state index contributed by atoms with van der Waals surface area (Å²) in [6, 6.07) is 16.2. The molecule has 4 rings (SSSR count). The van der Waals surface area contributed by atoms with Gasteiger partial charge in [-0.2, -0.15) is 0 Å². The third-order valence-electron chi connectivity index (χ3n) is 4.90. The molecule has 1 fully saturated rings. The topological polar surface area (TPSA) is 64.5 Å². The van der Waals surface area contributed by atoms with E-state index in [4.69, 9.17) is 9.47 Å². The van der Waals surface area contributed by atoms with E-state index >= 15 is 0 Å². The van der Waals surface area contributed by atoms with E-state index in [1.54, 1.807) is 6.07 Å². The van der Waals surface area contributed by atoms with Crippen molar-refractivity contribution >= 4 is 10.8 Å². The van der Waals surface area contributed by atoms with Crippen LogP contribution in [0.25, 0.3) is 10.8 Å². The zero-order valence-corrected chi connectivity index (χ0v) is 14.7. The van der Waals surface area contributed by atoms with Crippen LogP contribution in [-0.2, 0) is 6.61 Å². The smallest absolute Gasteiger partial charge is 0.220 e. The van der Waals surface area contributed by atoms with Gasteiger partial charge < -0.3 is 14.6 Å². The van der Waals surface area contributed by atoms with Crippen LogP contribution in [0.2, 0.25) is 0 Å².